The van der Waals surface area contributed by atoms with E-state index in [4.69, 9.17) is 5.73 Å². The molecule has 0 saturated heterocycles. The highest BCUT2D eigenvalue weighted by Gasteiger charge is 2.12. The number of hydrogen-bond donors (Lipinski definition) is 2. The van der Waals surface area contributed by atoms with Gasteiger partial charge in [-0.2, -0.15) is 0 Å². The van der Waals surface area contributed by atoms with Gasteiger partial charge in [0.1, 0.15) is 17.4 Å². The molecule has 0 atom stereocenters. The van der Waals surface area contributed by atoms with Crippen LogP contribution in [0.4, 0.5) is 5.69 Å². The van der Waals surface area contributed by atoms with Gasteiger partial charge in [0, 0.05) is 16.8 Å². The standard InChI is InChI=1S/C13H14N4OS/c1-8-5-15-13(19-8)6-17-11-3-2-9(14)4-10(11)16-12(17)7-18/h2-5,18H,6-7,14H2,1H3. The zero-order valence-corrected chi connectivity index (χ0v) is 11.3. The Hall–Kier alpha value is -1.92. The van der Waals surface area contributed by atoms with E-state index >= 15 is 0 Å². The smallest absolute Gasteiger partial charge is 0.136 e. The van der Waals surface area contributed by atoms with Crippen molar-refractivity contribution in [2.75, 3.05) is 5.73 Å². The lowest BCUT2D eigenvalue weighted by atomic mass is 10.3. The predicted octanol–water partition coefficient (Wildman–Crippen LogP) is 1.92. The summed E-state index contributed by atoms with van der Waals surface area (Å²) in [7, 11) is 0. The molecule has 5 nitrogen and oxygen atoms in total. The number of aliphatic hydroxyl groups is 1. The molecule has 2 aromatic heterocycles. The van der Waals surface area contributed by atoms with E-state index in [0.29, 0.717) is 18.1 Å². The maximum atomic E-state index is 9.44. The van der Waals surface area contributed by atoms with Gasteiger partial charge in [0.15, 0.2) is 0 Å². The molecule has 98 valence electrons. The first-order chi connectivity index (χ1) is 9.17. The maximum Gasteiger partial charge on any atom is 0.136 e. The number of thiazole rings is 1. The Morgan fingerprint density at radius 1 is 1.42 bits per heavy atom. The summed E-state index contributed by atoms with van der Waals surface area (Å²) >= 11 is 1.65. The second kappa shape index (κ2) is 4.64. The number of rotatable bonds is 3. The molecule has 0 fully saturated rings. The second-order valence-electron chi connectivity index (χ2n) is 4.39. The molecule has 0 aliphatic rings. The lowest BCUT2D eigenvalue weighted by molar-refractivity contribution is 0.267. The average molecular weight is 274 g/mol. The summed E-state index contributed by atoms with van der Waals surface area (Å²) in [5.41, 5.74) is 8.20. The highest BCUT2D eigenvalue weighted by Crippen LogP contribution is 2.22. The van der Waals surface area contributed by atoms with Crippen LogP contribution in [0.1, 0.15) is 15.7 Å². The van der Waals surface area contributed by atoms with Crippen molar-refractivity contribution >= 4 is 28.1 Å². The van der Waals surface area contributed by atoms with Crippen LogP contribution in [0.3, 0.4) is 0 Å². The van der Waals surface area contributed by atoms with Crippen LogP contribution in [0.15, 0.2) is 24.4 Å². The highest BCUT2D eigenvalue weighted by molar-refractivity contribution is 7.11. The fourth-order valence-electron chi connectivity index (χ4n) is 2.10. The van der Waals surface area contributed by atoms with Crippen molar-refractivity contribution in [2.24, 2.45) is 0 Å². The van der Waals surface area contributed by atoms with Crippen molar-refractivity contribution in [2.45, 2.75) is 20.1 Å². The molecule has 19 heavy (non-hydrogen) atoms. The molecule has 0 radical (unpaired) electrons. The SMILES string of the molecule is Cc1cnc(Cn2c(CO)nc3cc(N)ccc32)s1. The van der Waals surface area contributed by atoms with E-state index in [0.717, 1.165) is 16.0 Å². The van der Waals surface area contributed by atoms with Crippen LogP contribution in [0, 0.1) is 6.92 Å². The van der Waals surface area contributed by atoms with Gasteiger partial charge in [-0.15, -0.1) is 11.3 Å². The molecule has 0 aliphatic carbocycles. The van der Waals surface area contributed by atoms with Gasteiger partial charge in [-0.25, -0.2) is 9.97 Å². The number of aromatic nitrogens is 3. The summed E-state index contributed by atoms with van der Waals surface area (Å²) < 4.78 is 1.98. The summed E-state index contributed by atoms with van der Waals surface area (Å²) in [5.74, 6) is 0.633. The summed E-state index contributed by atoms with van der Waals surface area (Å²) in [6, 6.07) is 5.59. The number of benzene rings is 1. The van der Waals surface area contributed by atoms with Crippen molar-refractivity contribution in [3.8, 4) is 0 Å². The summed E-state index contributed by atoms with van der Waals surface area (Å²) in [6.07, 6.45) is 1.86. The molecule has 6 heteroatoms. The van der Waals surface area contributed by atoms with E-state index in [-0.39, 0.29) is 6.61 Å². The number of hydrogen-bond acceptors (Lipinski definition) is 5. The van der Waals surface area contributed by atoms with Crippen molar-refractivity contribution in [3.05, 3.63) is 40.1 Å². The van der Waals surface area contributed by atoms with Crippen LogP contribution in [0.5, 0.6) is 0 Å². The summed E-state index contributed by atoms with van der Waals surface area (Å²) in [6.45, 7) is 2.55. The summed E-state index contributed by atoms with van der Waals surface area (Å²) in [5, 5.41) is 10.4. The van der Waals surface area contributed by atoms with Crippen molar-refractivity contribution in [1.82, 2.24) is 14.5 Å². The molecule has 0 amide bonds. The predicted molar refractivity (Wildman–Crippen MR) is 76.0 cm³/mol. The van der Waals surface area contributed by atoms with Crippen LogP contribution in [0.25, 0.3) is 11.0 Å². The van der Waals surface area contributed by atoms with Gasteiger partial charge < -0.3 is 15.4 Å². The molecule has 2 heterocycles. The molecule has 1 aromatic carbocycles. The molecule has 0 bridgehead atoms. The van der Waals surface area contributed by atoms with Crippen LogP contribution < -0.4 is 5.73 Å². The minimum atomic E-state index is -0.0983. The molecule has 3 rings (SSSR count). The first-order valence-corrected chi connectivity index (χ1v) is 6.76. The number of anilines is 1. The minimum Gasteiger partial charge on any atom is -0.399 e. The van der Waals surface area contributed by atoms with Gasteiger partial charge in [-0.3, -0.25) is 0 Å². The molecule has 0 aliphatic heterocycles. The minimum absolute atomic E-state index is 0.0983. The highest BCUT2D eigenvalue weighted by atomic mass is 32.1. The maximum absolute atomic E-state index is 9.44. The second-order valence-corrected chi connectivity index (χ2v) is 5.70. The number of fused-ring (bicyclic) bond motifs is 1. The van der Waals surface area contributed by atoms with E-state index in [2.05, 4.69) is 9.97 Å². The van der Waals surface area contributed by atoms with Gasteiger partial charge in [-0.05, 0) is 25.1 Å². The third-order valence-corrected chi connectivity index (χ3v) is 3.85. The van der Waals surface area contributed by atoms with E-state index in [1.807, 2.05) is 35.9 Å². The van der Waals surface area contributed by atoms with Gasteiger partial charge >= 0.3 is 0 Å². The van der Waals surface area contributed by atoms with Crippen LogP contribution in [-0.4, -0.2) is 19.6 Å². The first kappa shape index (κ1) is 12.1. The van der Waals surface area contributed by atoms with Crippen molar-refractivity contribution in [1.29, 1.82) is 0 Å². The first-order valence-electron chi connectivity index (χ1n) is 5.94. The molecule has 0 saturated carbocycles. The normalized spacial score (nSPS) is 11.3. The number of nitrogens with zero attached hydrogens (tertiary/aromatic N) is 3. The van der Waals surface area contributed by atoms with Gasteiger partial charge in [0.25, 0.3) is 0 Å². The van der Waals surface area contributed by atoms with Crippen LogP contribution in [0.2, 0.25) is 0 Å². The van der Waals surface area contributed by atoms with Gasteiger partial charge in [-0.1, -0.05) is 0 Å². The van der Waals surface area contributed by atoms with Crippen LogP contribution in [-0.2, 0) is 13.2 Å². The Balaban J connectivity index is 2.10. The zero-order valence-electron chi connectivity index (χ0n) is 10.5. The fourth-order valence-corrected chi connectivity index (χ4v) is 2.88. The van der Waals surface area contributed by atoms with Crippen molar-refractivity contribution in [3.63, 3.8) is 0 Å². The fraction of sp³-hybridized carbons (Fsp3) is 0.231. The summed E-state index contributed by atoms with van der Waals surface area (Å²) in [4.78, 5) is 9.93. The Morgan fingerprint density at radius 2 is 2.26 bits per heavy atom. The Labute approximate surface area is 114 Å². The molecule has 0 spiro atoms. The molecule has 0 unspecified atom stereocenters. The topological polar surface area (TPSA) is 77.0 Å². The lowest BCUT2D eigenvalue weighted by Gasteiger charge is -2.05. The average Bonchev–Trinajstić information content (AvgIpc) is 2.94. The molecule has 3 aromatic rings. The van der Waals surface area contributed by atoms with Crippen molar-refractivity contribution < 1.29 is 5.11 Å². The number of aryl methyl sites for hydroxylation is 1. The third-order valence-electron chi connectivity index (χ3n) is 2.96. The molecular formula is C13H14N4OS. The van der Waals surface area contributed by atoms with Crippen LogP contribution >= 0.6 is 11.3 Å². The monoisotopic (exact) mass is 274 g/mol. The number of nitrogens with two attached hydrogens (primary N) is 1. The van der Waals surface area contributed by atoms with E-state index < -0.39 is 0 Å². The third kappa shape index (κ3) is 2.20. The molecule has 3 N–H and O–H groups in total. The van der Waals surface area contributed by atoms with E-state index in [1.165, 1.54) is 4.88 Å². The Bertz CT molecular complexity index is 731. The van der Waals surface area contributed by atoms with E-state index in [1.54, 1.807) is 11.3 Å². The quantitative estimate of drug-likeness (QED) is 0.715. The Kier molecular flexibility index (Phi) is 2.96. The van der Waals surface area contributed by atoms with E-state index in [9.17, 15) is 5.11 Å². The lowest BCUT2D eigenvalue weighted by Crippen LogP contribution is -2.04. The Morgan fingerprint density at radius 3 is 2.95 bits per heavy atom. The molecular weight excluding hydrogens is 260 g/mol. The van der Waals surface area contributed by atoms with Gasteiger partial charge in [0.05, 0.1) is 17.6 Å². The number of aliphatic hydroxyl groups excluding tert-OH is 1. The number of nitrogen functional groups attached to an aromatic ring is 1. The largest absolute Gasteiger partial charge is 0.399 e. The van der Waals surface area contributed by atoms with Gasteiger partial charge in [0.2, 0.25) is 0 Å². The zero-order chi connectivity index (χ0) is 13.4. The number of imidazole rings is 1.